The molecule has 6 nitrogen and oxygen atoms in total. The lowest BCUT2D eigenvalue weighted by Crippen LogP contribution is -1.99. The molecular formula is C13H8ClNO5. The highest BCUT2D eigenvalue weighted by Crippen LogP contribution is 2.32. The van der Waals surface area contributed by atoms with Crippen LogP contribution in [0.2, 0.25) is 5.02 Å². The van der Waals surface area contributed by atoms with Crippen LogP contribution in [0.1, 0.15) is 10.4 Å². The molecule has 0 unspecified atom stereocenters. The maximum absolute atomic E-state index is 10.9. The van der Waals surface area contributed by atoms with Crippen LogP contribution < -0.4 is 4.74 Å². The van der Waals surface area contributed by atoms with Gasteiger partial charge in [0.05, 0.1) is 10.5 Å². The van der Waals surface area contributed by atoms with Gasteiger partial charge in [0.25, 0.3) is 0 Å². The van der Waals surface area contributed by atoms with E-state index in [1.165, 1.54) is 12.1 Å². The fraction of sp³-hybridized carbons (Fsp3) is 0. The Bertz CT molecular complexity index is 669. The van der Waals surface area contributed by atoms with Gasteiger partial charge in [-0.3, -0.25) is 10.1 Å². The number of nitro benzene ring substituents is 1. The first-order chi connectivity index (χ1) is 9.47. The number of ether oxygens (including phenoxy) is 1. The van der Waals surface area contributed by atoms with Gasteiger partial charge in [0, 0.05) is 17.2 Å². The number of aromatic carboxylic acids is 1. The van der Waals surface area contributed by atoms with Crippen molar-refractivity contribution in [1.29, 1.82) is 0 Å². The number of carboxylic acids is 1. The van der Waals surface area contributed by atoms with Gasteiger partial charge in [-0.1, -0.05) is 11.6 Å². The van der Waals surface area contributed by atoms with E-state index in [1.54, 1.807) is 12.1 Å². The molecule has 7 heteroatoms. The summed E-state index contributed by atoms with van der Waals surface area (Å²) in [5, 5.41) is 20.3. The van der Waals surface area contributed by atoms with Crippen LogP contribution in [0.25, 0.3) is 0 Å². The summed E-state index contributed by atoms with van der Waals surface area (Å²) in [6.07, 6.45) is 0. The smallest absolute Gasteiger partial charge is 0.335 e. The second-order valence-corrected chi connectivity index (χ2v) is 4.24. The van der Waals surface area contributed by atoms with Crippen LogP contribution in [-0.2, 0) is 0 Å². The van der Waals surface area contributed by atoms with E-state index in [0.717, 1.165) is 18.2 Å². The monoisotopic (exact) mass is 293 g/mol. The average molecular weight is 294 g/mol. The molecule has 102 valence electrons. The zero-order chi connectivity index (χ0) is 14.7. The number of hydrogen-bond donors (Lipinski definition) is 1. The van der Waals surface area contributed by atoms with E-state index < -0.39 is 10.9 Å². The first-order valence-electron chi connectivity index (χ1n) is 5.42. The number of nitro groups is 1. The zero-order valence-corrected chi connectivity index (χ0v) is 10.7. The second-order valence-electron chi connectivity index (χ2n) is 3.80. The minimum atomic E-state index is -1.19. The summed E-state index contributed by atoms with van der Waals surface area (Å²) in [6, 6.07) is 9.52. The summed E-state index contributed by atoms with van der Waals surface area (Å²) in [6.45, 7) is 0. The molecule has 0 radical (unpaired) electrons. The van der Waals surface area contributed by atoms with Crippen molar-refractivity contribution in [1.82, 2.24) is 0 Å². The lowest BCUT2D eigenvalue weighted by Gasteiger charge is -2.07. The van der Waals surface area contributed by atoms with Crippen molar-refractivity contribution in [2.24, 2.45) is 0 Å². The third-order valence-electron chi connectivity index (χ3n) is 2.44. The van der Waals surface area contributed by atoms with Crippen molar-refractivity contribution in [3.05, 3.63) is 63.2 Å². The van der Waals surface area contributed by atoms with Crippen LogP contribution in [0, 0.1) is 10.1 Å². The van der Waals surface area contributed by atoms with Gasteiger partial charge in [0.2, 0.25) is 5.75 Å². The maximum Gasteiger partial charge on any atom is 0.335 e. The molecule has 1 N–H and O–H groups in total. The third kappa shape index (κ3) is 3.04. The summed E-state index contributed by atoms with van der Waals surface area (Å²) in [5.41, 5.74) is -0.412. The lowest BCUT2D eigenvalue weighted by molar-refractivity contribution is -0.385. The van der Waals surface area contributed by atoms with Crippen LogP contribution >= 0.6 is 11.6 Å². The Morgan fingerprint density at radius 1 is 1.20 bits per heavy atom. The van der Waals surface area contributed by atoms with Crippen LogP contribution in [0.15, 0.2) is 42.5 Å². The maximum atomic E-state index is 10.9. The van der Waals surface area contributed by atoms with Crippen LogP contribution in [0.3, 0.4) is 0 Å². The van der Waals surface area contributed by atoms with Crippen molar-refractivity contribution in [3.63, 3.8) is 0 Å². The molecule has 0 aliphatic carbocycles. The quantitative estimate of drug-likeness (QED) is 0.685. The lowest BCUT2D eigenvalue weighted by atomic mass is 10.2. The minimum absolute atomic E-state index is 0.0976. The number of benzene rings is 2. The molecule has 2 rings (SSSR count). The average Bonchev–Trinajstić information content (AvgIpc) is 2.41. The van der Waals surface area contributed by atoms with E-state index in [2.05, 4.69) is 0 Å². The van der Waals surface area contributed by atoms with Gasteiger partial charge >= 0.3 is 11.7 Å². The summed E-state index contributed by atoms with van der Waals surface area (Å²) < 4.78 is 5.35. The third-order valence-corrected chi connectivity index (χ3v) is 2.70. The second kappa shape index (κ2) is 5.58. The Morgan fingerprint density at radius 3 is 2.40 bits per heavy atom. The first kappa shape index (κ1) is 13.8. The van der Waals surface area contributed by atoms with Gasteiger partial charge in [0.1, 0.15) is 5.75 Å². The van der Waals surface area contributed by atoms with Crippen molar-refractivity contribution in [2.45, 2.75) is 0 Å². The van der Waals surface area contributed by atoms with Gasteiger partial charge in [-0.05, 0) is 30.3 Å². The number of nitrogens with zero attached hydrogens (tertiary/aromatic N) is 1. The van der Waals surface area contributed by atoms with Crippen LogP contribution in [-0.4, -0.2) is 16.0 Å². The highest BCUT2D eigenvalue weighted by atomic mass is 35.5. The molecule has 0 spiro atoms. The van der Waals surface area contributed by atoms with Crippen LogP contribution in [0.5, 0.6) is 11.5 Å². The largest absolute Gasteiger partial charge is 0.478 e. The molecule has 2 aromatic rings. The molecule has 0 atom stereocenters. The van der Waals surface area contributed by atoms with Gasteiger partial charge in [-0.15, -0.1) is 0 Å². The molecule has 0 aliphatic heterocycles. The predicted molar refractivity (Wildman–Crippen MR) is 71.6 cm³/mol. The number of halogens is 1. The van der Waals surface area contributed by atoms with Crippen LogP contribution in [0.4, 0.5) is 5.69 Å². The summed E-state index contributed by atoms with van der Waals surface area (Å²) in [5.74, 6) is -1.02. The fourth-order valence-corrected chi connectivity index (χ4v) is 1.64. The molecule has 0 aromatic heterocycles. The summed E-state index contributed by atoms with van der Waals surface area (Å²) >= 11 is 5.72. The number of rotatable bonds is 4. The normalized spacial score (nSPS) is 10.1. The molecule has 20 heavy (non-hydrogen) atoms. The molecule has 0 bridgehead atoms. The summed E-state index contributed by atoms with van der Waals surface area (Å²) in [4.78, 5) is 21.2. The van der Waals surface area contributed by atoms with Crippen molar-refractivity contribution in [2.75, 3.05) is 0 Å². The van der Waals surface area contributed by atoms with Gasteiger partial charge < -0.3 is 9.84 Å². The van der Waals surface area contributed by atoms with Gasteiger partial charge in [-0.25, -0.2) is 4.79 Å². The molecule has 0 fully saturated rings. The fourth-order valence-electron chi connectivity index (χ4n) is 1.51. The molecule has 0 amide bonds. The molecule has 0 saturated carbocycles. The van der Waals surface area contributed by atoms with E-state index in [4.69, 9.17) is 21.4 Å². The van der Waals surface area contributed by atoms with E-state index in [1.807, 2.05) is 0 Å². The number of carbonyl (C=O) groups is 1. The van der Waals surface area contributed by atoms with E-state index >= 15 is 0 Å². The molecule has 0 saturated heterocycles. The minimum Gasteiger partial charge on any atom is -0.478 e. The van der Waals surface area contributed by atoms with Crippen molar-refractivity contribution in [3.8, 4) is 11.5 Å². The predicted octanol–water partition coefficient (Wildman–Crippen LogP) is 3.74. The number of carboxylic acid groups (broad SMARTS) is 1. The Morgan fingerprint density at radius 2 is 1.85 bits per heavy atom. The Balaban J connectivity index is 2.41. The van der Waals surface area contributed by atoms with E-state index in [0.29, 0.717) is 10.8 Å². The highest BCUT2D eigenvalue weighted by Gasteiger charge is 2.18. The van der Waals surface area contributed by atoms with Gasteiger partial charge in [-0.2, -0.15) is 0 Å². The molecule has 0 heterocycles. The topological polar surface area (TPSA) is 89.7 Å². The van der Waals surface area contributed by atoms with Crippen molar-refractivity contribution >= 4 is 23.3 Å². The molecular weight excluding hydrogens is 286 g/mol. The zero-order valence-electron chi connectivity index (χ0n) is 9.95. The Labute approximate surface area is 118 Å². The first-order valence-corrected chi connectivity index (χ1v) is 5.80. The summed E-state index contributed by atoms with van der Waals surface area (Å²) in [7, 11) is 0. The van der Waals surface area contributed by atoms with E-state index in [-0.39, 0.29) is 17.0 Å². The highest BCUT2D eigenvalue weighted by molar-refractivity contribution is 6.30. The Kier molecular flexibility index (Phi) is 3.86. The standard InChI is InChI=1S/C13H8ClNO5/c14-9-2-4-10(5-3-9)20-12-7-8(13(16)17)1-6-11(12)15(18)19/h1-7H,(H,16,17). The van der Waals surface area contributed by atoms with E-state index in [9.17, 15) is 14.9 Å². The SMILES string of the molecule is O=C(O)c1ccc([N+](=O)[O-])c(Oc2ccc(Cl)cc2)c1. The molecule has 2 aromatic carbocycles. The van der Waals surface area contributed by atoms with Gasteiger partial charge in [0.15, 0.2) is 0 Å². The number of hydrogen-bond acceptors (Lipinski definition) is 4. The van der Waals surface area contributed by atoms with Crippen molar-refractivity contribution < 1.29 is 19.6 Å². The molecule has 0 aliphatic rings. The Hall–Kier alpha value is -2.60.